The van der Waals surface area contributed by atoms with Gasteiger partial charge in [-0.3, -0.25) is 4.98 Å². The van der Waals surface area contributed by atoms with Gasteiger partial charge in [0.15, 0.2) is 5.69 Å². The van der Waals surface area contributed by atoms with Gasteiger partial charge in [0.1, 0.15) is 0 Å². The quantitative estimate of drug-likeness (QED) is 0.784. The predicted molar refractivity (Wildman–Crippen MR) is 66.0 cm³/mol. The Kier molecular flexibility index (Phi) is 3.49. The molecule has 0 N–H and O–H groups in total. The zero-order valence-corrected chi connectivity index (χ0v) is 10.5. The van der Waals surface area contributed by atoms with Crippen molar-refractivity contribution in [3.63, 3.8) is 0 Å². The zero-order chi connectivity index (χ0) is 12.3. The summed E-state index contributed by atoms with van der Waals surface area (Å²) >= 11 is 1.39. The maximum absolute atomic E-state index is 11.7. The lowest BCUT2D eigenvalue weighted by atomic mass is 10.2. The number of esters is 1. The molecule has 0 aliphatic rings. The van der Waals surface area contributed by atoms with Crippen LogP contribution in [0.2, 0.25) is 0 Å². The molecule has 2 rings (SSSR count). The zero-order valence-electron chi connectivity index (χ0n) is 9.64. The van der Waals surface area contributed by atoms with Crippen molar-refractivity contribution in [3.05, 3.63) is 35.1 Å². The van der Waals surface area contributed by atoms with Crippen molar-refractivity contribution in [2.45, 2.75) is 13.8 Å². The van der Waals surface area contributed by atoms with Crippen LogP contribution in [0.3, 0.4) is 0 Å². The van der Waals surface area contributed by atoms with Crippen LogP contribution >= 0.6 is 11.3 Å². The number of aryl methyl sites for hydroxylation is 1. The van der Waals surface area contributed by atoms with E-state index in [2.05, 4.69) is 9.97 Å². The smallest absolute Gasteiger partial charge is 0.358 e. The Labute approximate surface area is 103 Å². The summed E-state index contributed by atoms with van der Waals surface area (Å²) in [5.74, 6) is -0.396. The molecule has 4 nitrogen and oxygen atoms in total. The van der Waals surface area contributed by atoms with Crippen LogP contribution < -0.4 is 0 Å². The van der Waals surface area contributed by atoms with E-state index in [0.29, 0.717) is 12.3 Å². The van der Waals surface area contributed by atoms with E-state index < -0.39 is 5.97 Å². The van der Waals surface area contributed by atoms with Gasteiger partial charge in [0.2, 0.25) is 0 Å². The van der Waals surface area contributed by atoms with Gasteiger partial charge in [-0.25, -0.2) is 9.78 Å². The van der Waals surface area contributed by atoms with Crippen LogP contribution in [0.1, 0.15) is 23.1 Å². The number of nitrogens with zero attached hydrogens (tertiary/aromatic N) is 2. The standard InChI is InChI=1S/C12H12N2O2S/c1-3-16-12(15)10-11(17-7-13-10)9-6-4-5-8(2)14-9/h4-7H,3H2,1-2H3. The van der Waals surface area contributed by atoms with Gasteiger partial charge >= 0.3 is 5.97 Å². The first-order valence-electron chi connectivity index (χ1n) is 5.27. The molecule has 2 aromatic rings. The van der Waals surface area contributed by atoms with Crippen LogP contribution in [-0.2, 0) is 4.74 Å². The van der Waals surface area contributed by atoms with Crippen molar-refractivity contribution in [3.8, 4) is 10.6 Å². The topological polar surface area (TPSA) is 52.1 Å². The molecule has 0 spiro atoms. The van der Waals surface area contributed by atoms with Gasteiger partial charge < -0.3 is 4.74 Å². The van der Waals surface area contributed by atoms with Crippen molar-refractivity contribution < 1.29 is 9.53 Å². The molecule has 0 fully saturated rings. The second kappa shape index (κ2) is 5.05. The van der Waals surface area contributed by atoms with Crippen molar-refractivity contribution in [1.82, 2.24) is 9.97 Å². The first kappa shape index (κ1) is 11.7. The molecule has 0 saturated carbocycles. The average molecular weight is 248 g/mol. The molecule has 0 atom stereocenters. The number of carbonyl (C=O) groups excluding carboxylic acids is 1. The molecule has 2 aromatic heterocycles. The highest BCUT2D eigenvalue weighted by molar-refractivity contribution is 7.13. The third-order valence-corrected chi connectivity index (χ3v) is 3.01. The van der Waals surface area contributed by atoms with Crippen LogP contribution in [0.15, 0.2) is 23.7 Å². The summed E-state index contributed by atoms with van der Waals surface area (Å²) in [5.41, 5.74) is 3.64. The number of hydrogen-bond donors (Lipinski definition) is 0. The Bertz CT molecular complexity index is 537. The number of pyridine rings is 1. The highest BCUT2D eigenvalue weighted by atomic mass is 32.1. The summed E-state index contributed by atoms with van der Waals surface area (Å²) in [6.45, 7) is 4.03. The summed E-state index contributed by atoms with van der Waals surface area (Å²) in [7, 11) is 0. The van der Waals surface area contributed by atoms with E-state index in [1.54, 1.807) is 12.4 Å². The first-order valence-corrected chi connectivity index (χ1v) is 6.15. The monoisotopic (exact) mass is 248 g/mol. The highest BCUT2D eigenvalue weighted by Crippen LogP contribution is 2.26. The normalized spacial score (nSPS) is 10.2. The second-order valence-electron chi connectivity index (χ2n) is 3.41. The van der Waals surface area contributed by atoms with E-state index >= 15 is 0 Å². The van der Waals surface area contributed by atoms with Gasteiger partial charge in [-0.05, 0) is 26.0 Å². The largest absolute Gasteiger partial charge is 0.461 e. The summed E-state index contributed by atoms with van der Waals surface area (Å²) in [5, 5.41) is 0. The van der Waals surface area contributed by atoms with E-state index in [9.17, 15) is 4.79 Å². The molecule has 0 radical (unpaired) electrons. The Morgan fingerprint density at radius 1 is 1.47 bits per heavy atom. The fourth-order valence-electron chi connectivity index (χ4n) is 1.44. The Balaban J connectivity index is 2.40. The predicted octanol–water partition coefficient (Wildman–Crippen LogP) is 2.69. The summed E-state index contributed by atoms with van der Waals surface area (Å²) in [6, 6.07) is 5.68. The number of aromatic nitrogens is 2. The molecule has 0 unspecified atom stereocenters. The Morgan fingerprint density at radius 3 is 3.00 bits per heavy atom. The lowest BCUT2D eigenvalue weighted by molar-refractivity contribution is 0.0521. The maximum Gasteiger partial charge on any atom is 0.358 e. The van der Waals surface area contributed by atoms with Gasteiger partial charge in [-0.1, -0.05) is 6.07 Å². The minimum Gasteiger partial charge on any atom is -0.461 e. The minimum absolute atomic E-state index is 0.343. The van der Waals surface area contributed by atoms with Crippen LogP contribution in [0.5, 0.6) is 0 Å². The van der Waals surface area contributed by atoms with Gasteiger partial charge in [0.25, 0.3) is 0 Å². The third kappa shape index (κ3) is 2.50. The Morgan fingerprint density at radius 2 is 2.29 bits per heavy atom. The number of carbonyl (C=O) groups is 1. The van der Waals surface area contributed by atoms with Gasteiger partial charge in [-0.2, -0.15) is 0 Å². The second-order valence-corrected chi connectivity index (χ2v) is 4.27. The van der Waals surface area contributed by atoms with Crippen LogP contribution in [0.25, 0.3) is 10.6 Å². The summed E-state index contributed by atoms with van der Waals surface area (Å²) < 4.78 is 4.96. The molecule has 0 aliphatic carbocycles. The number of hydrogen-bond acceptors (Lipinski definition) is 5. The van der Waals surface area contributed by atoms with E-state index in [1.807, 2.05) is 25.1 Å². The molecular formula is C12H12N2O2S. The fraction of sp³-hybridized carbons (Fsp3) is 0.250. The van der Waals surface area contributed by atoms with Crippen molar-refractivity contribution in [2.24, 2.45) is 0 Å². The number of thiazole rings is 1. The Hall–Kier alpha value is -1.75. The van der Waals surface area contributed by atoms with Crippen LogP contribution in [0.4, 0.5) is 0 Å². The number of rotatable bonds is 3. The fourth-order valence-corrected chi connectivity index (χ4v) is 2.19. The van der Waals surface area contributed by atoms with Crippen molar-refractivity contribution in [2.75, 3.05) is 6.61 Å². The molecular weight excluding hydrogens is 236 g/mol. The van der Waals surface area contributed by atoms with Crippen LogP contribution in [-0.4, -0.2) is 22.5 Å². The first-order chi connectivity index (χ1) is 8.22. The average Bonchev–Trinajstić information content (AvgIpc) is 2.78. The highest BCUT2D eigenvalue weighted by Gasteiger charge is 2.18. The van der Waals surface area contributed by atoms with Crippen molar-refractivity contribution >= 4 is 17.3 Å². The minimum atomic E-state index is -0.396. The summed E-state index contributed by atoms with van der Waals surface area (Å²) in [6.07, 6.45) is 0. The van der Waals surface area contributed by atoms with Gasteiger partial charge in [0.05, 0.1) is 22.7 Å². The third-order valence-electron chi connectivity index (χ3n) is 2.16. The lowest BCUT2D eigenvalue weighted by Gasteiger charge is -2.02. The van der Waals surface area contributed by atoms with Crippen molar-refractivity contribution in [1.29, 1.82) is 0 Å². The molecule has 2 heterocycles. The molecule has 17 heavy (non-hydrogen) atoms. The molecule has 0 aliphatic heterocycles. The number of ether oxygens (including phenoxy) is 1. The van der Waals surface area contributed by atoms with E-state index in [-0.39, 0.29) is 0 Å². The molecule has 88 valence electrons. The lowest BCUT2D eigenvalue weighted by Crippen LogP contribution is -2.06. The van der Waals surface area contributed by atoms with E-state index in [1.165, 1.54) is 11.3 Å². The summed E-state index contributed by atoms with van der Waals surface area (Å²) in [4.78, 5) is 20.9. The maximum atomic E-state index is 11.7. The van der Waals surface area contributed by atoms with Gasteiger partial charge in [0, 0.05) is 5.69 Å². The van der Waals surface area contributed by atoms with Gasteiger partial charge in [-0.15, -0.1) is 11.3 Å². The van der Waals surface area contributed by atoms with E-state index in [4.69, 9.17) is 4.74 Å². The van der Waals surface area contributed by atoms with Crippen LogP contribution in [0, 0.1) is 6.92 Å². The molecule has 0 amide bonds. The van der Waals surface area contributed by atoms with E-state index in [0.717, 1.165) is 16.3 Å². The molecule has 5 heteroatoms. The molecule has 0 saturated heterocycles. The SMILES string of the molecule is CCOC(=O)c1ncsc1-c1cccc(C)n1. The molecule has 0 bridgehead atoms. The molecule has 0 aromatic carbocycles.